The van der Waals surface area contributed by atoms with Gasteiger partial charge in [0.25, 0.3) is 0 Å². The number of hydrogen-bond acceptors (Lipinski definition) is 2. The highest BCUT2D eigenvalue weighted by Gasteiger charge is 2.16. The normalized spacial score (nSPS) is 17.5. The summed E-state index contributed by atoms with van der Waals surface area (Å²) in [6, 6.07) is 4.98. The van der Waals surface area contributed by atoms with Crippen molar-refractivity contribution in [3.63, 3.8) is 0 Å². The van der Waals surface area contributed by atoms with Crippen molar-refractivity contribution in [3.8, 4) is 0 Å². The lowest BCUT2D eigenvalue weighted by Gasteiger charge is -2.22. The smallest absolute Gasteiger partial charge is 0.220 e. The van der Waals surface area contributed by atoms with E-state index in [1.54, 1.807) is 13.0 Å². The Morgan fingerprint density at radius 3 is 2.81 bits per heavy atom. The highest BCUT2D eigenvalue weighted by molar-refractivity contribution is 5.76. The summed E-state index contributed by atoms with van der Waals surface area (Å²) in [6.45, 7) is 5.75. The Balaban J connectivity index is 1.79. The number of aryl methyl sites for hydroxylation is 1. The zero-order valence-corrected chi connectivity index (χ0v) is 12.9. The van der Waals surface area contributed by atoms with E-state index in [2.05, 4.69) is 10.6 Å². The highest BCUT2D eigenvalue weighted by atomic mass is 19.1. The van der Waals surface area contributed by atoms with Crippen LogP contribution in [0.4, 0.5) is 4.39 Å². The third-order valence-electron chi connectivity index (χ3n) is 4.31. The third-order valence-corrected chi connectivity index (χ3v) is 4.31. The second-order valence-electron chi connectivity index (χ2n) is 6.03. The van der Waals surface area contributed by atoms with Crippen molar-refractivity contribution >= 4 is 5.91 Å². The van der Waals surface area contributed by atoms with Gasteiger partial charge < -0.3 is 10.6 Å². The van der Waals surface area contributed by atoms with Crippen LogP contribution in [0.1, 0.15) is 49.8 Å². The van der Waals surface area contributed by atoms with Crippen LogP contribution in [0.25, 0.3) is 0 Å². The Kier molecular flexibility index (Phi) is 5.74. The van der Waals surface area contributed by atoms with Crippen molar-refractivity contribution in [1.82, 2.24) is 10.6 Å². The molecule has 1 aromatic carbocycles. The predicted octanol–water partition coefficient (Wildman–Crippen LogP) is 3.09. The molecule has 1 saturated heterocycles. The molecular weight excluding hydrogens is 267 g/mol. The van der Waals surface area contributed by atoms with Gasteiger partial charge in [-0.05, 0) is 69.3 Å². The molecule has 21 heavy (non-hydrogen) atoms. The lowest BCUT2D eigenvalue weighted by Crippen LogP contribution is -2.30. The monoisotopic (exact) mass is 292 g/mol. The van der Waals surface area contributed by atoms with Gasteiger partial charge in [-0.2, -0.15) is 0 Å². The number of carbonyl (C=O) groups excluding carboxylic acids is 1. The summed E-state index contributed by atoms with van der Waals surface area (Å²) in [5, 5.41) is 6.29. The fourth-order valence-electron chi connectivity index (χ4n) is 2.78. The molecule has 0 aliphatic carbocycles. The number of rotatable bonds is 5. The molecule has 0 saturated carbocycles. The van der Waals surface area contributed by atoms with E-state index in [0.717, 1.165) is 37.9 Å². The molecule has 0 spiro atoms. The van der Waals surface area contributed by atoms with Crippen LogP contribution < -0.4 is 10.6 Å². The van der Waals surface area contributed by atoms with Gasteiger partial charge in [0.15, 0.2) is 0 Å². The van der Waals surface area contributed by atoms with Crippen molar-refractivity contribution in [2.24, 2.45) is 5.92 Å². The van der Waals surface area contributed by atoms with Gasteiger partial charge >= 0.3 is 0 Å². The molecule has 1 atom stereocenters. The molecule has 1 aromatic rings. The first-order chi connectivity index (χ1) is 10.1. The summed E-state index contributed by atoms with van der Waals surface area (Å²) in [5.74, 6) is 0.495. The summed E-state index contributed by atoms with van der Waals surface area (Å²) in [4.78, 5) is 12.0. The van der Waals surface area contributed by atoms with Crippen LogP contribution in [-0.2, 0) is 4.79 Å². The molecule has 0 aromatic heterocycles. The van der Waals surface area contributed by atoms with E-state index in [9.17, 15) is 9.18 Å². The van der Waals surface area contributed by atoms with Crippen molar-refractivity contribution in [2.75, 3.05) is 13.1 Å². The molecule has 1 amide bonds. The maximum atomic E-state index is 13.5. The molecule has 1 aliphatic rings. The largest absolute Gasteiger partial charge is 0.350 e. The van der Waals surface area contributed by atoms with Gasteiger partial charge in [0, 0.05) is 6.42 Å². The molecule has 2 N–H and O–H groups in total. The summed E-state index contributed by atoms with van der Waals surface area (Å²) in [5.41, 5.74) is 1.44. The average Bonchev–Trinajstić information content (AvgIpc) is 2.49. The SMILES string of the molecule is Cc1ccc([C@@H](C)NC(=O)CCC2CCNCC2)cc1F. The molecule has 1 fully saturated rings. The first-order valence-electron chi connectivity index (χ1n) is 7.82. The van der Waals surface area contributed by atoms with E-state index in [1.807, 2.05) is 13.0 Å². The molecule has 3 nitrogen and oxygen atoms in total. The lowest BCUT2D eigenvalue weighted by molar-refractivity contribution is -0.122. The summed E-state index contributed by atoms with van der Waals surface area (Å²) in [7, 11) is 0. The molecule has 1 aliphatic heterocycles. The highest BCUT2D eigenvalue weighted by Crippen LogP contribution is 2.19. The van der Waals surface area contributed by atoms with E-state index in [0.29, 0.717) is 17.9 Å². The number of nitrogens with one attached hydrogen (secondary N) is 2. The standard InChI is InChI=1S/C17H25FN2O/c1-12-3-5-15(11-16(12)18)13(2)20-17(21)6-4-14-7-9-19-10-8-14/h3,5,11,13-14,19H,4,6-10H2,1-2H3,(H,20,21)/t13-/m1/s1. The summed E-state index contributed by atoms with van der Waals surface area (Å²) < 4.78 is 13.5. The first-order valence-corrected chi connectivity index (χ1v) is 7.82. The number of amides is 1. The van der Waals surface area contributed by atoms with Crippen LogP contribution >= 0.6 is 0 Å². The molecular formula is C17H25FN2O. The van der Waals surface area contributed by atoms with E-state index < -0.39 is 0 Å². The van der Waals surface area contributed by atoms with Crippen LogP contribution in [0.3, 0.4) is 0 Å². The Bertz CT molecular complexity index is 484. The Morgan fingerprint density at radius 1 is 1.43 bits per heavy atom. The fraction of sp³-hybridized carbons (Fsp3) is 0.588. The molecule has 4 heteroatoms. The quantitative estimate of drug-likeness (QED) is 0.875. The minimum Gasteiger partial charge on any atom is -0.350 e. The second-order valence-corrected chi connectivity index (χ2v) is 6.03. The fourth-order valence-corrected chi connectivity index (χ4v) is 2.78. The zero-order valence-electron chi connectivity index (χ0n) is 12.9. The van der Waals surface area contributed by atoms with Crippen LogP contribution in [-0.4, -0.2) is 19.0 Å². The van der Waals surface area contributed by atoms with Gasteiger partial charge in [-0.25, -0.2) is 4.39 Å². The van der Waals surface area contributed by atoms with Crippen LogP contribution in [0.15, 0.2) is 18.2 Å². The van der Waals surface area contributed by atoms with E-state index >= 15 is 0 Å². The van der Waals surface area contributed by atoms with E-state index in [1.165, 1.54) is 6.07 Å². The third kappa shape index (κ3) is 4.81. The van der Waals surface area contributed by atoms with Crippen LogP contribution in [0.5, 0.6) is 0 Å². The predicted molar refractivity (Wildman–Crippen MR) is 82.5 cm³/mol. The second kappa shape index (κ2) is 7.55. The number of carbonyl (C=O) groups is 1. The van der Waals surface area contributed by atoms with Crippen molar-refractivity contribution in [2.45, 2.75) is 45.6 Å². The number of piperidine rings is 1. The van der Waals surface area contributed by atoms with Crippen LogP contribution in [0.2, 0.25) is 0 Å². The maximum absolute atomic E-state index is 13.5. The van der Waals surface area contributed by atoms with Gasteiger partial charge in [-0.1, -0.05) is 12.1 Å². The molecule has 1 heterocycles. The maximum Gasteiger partial charge on any atom is 0.220 e. The van der Waals surface area contributed by atoms with E-state index in [-0.39, 0.29) is 17.8 Å². The topological polar surface area (TPSA) is 41.1 Å². The van der Waals surface area contributed by atoms with Gasteiger partial charge in [-0.15, -0.1) is 0 Å². The van der Waals surface area contributed by atoms with Crippen molar-refractivity contribution in [3.05, 3.63) is 35.1 Å². The van der Waals surface area contributed by atoms with Crippen molar-refractivity contribution in [1.29, 1.82) is 0 Å². The first kappa shape index (κ1) is 16.0. The molecule has 0 unspecified atom stereocenters. The Morgan fingerprint density at radius 2 is 2.14 bits per heavy atom. The van der Waals surface area contributed by atoms with Crippen LogP contribution in [0, 0.1) is 18.7 Å². The van der Waals surface area contributed by atoms with Gasteiger partial charge in [0.1, 0.15) is 5.82 Å². The number of benzene rings is 1. The molecule has 0 bridgehead atoms. The number of halogens is 1. The minimum atomic E-state index is -0.219. The van der Waals surface area contributed by atoms with Gasteiger partial charge in [0.2, 0.25) is 5.91 Å². The van der Waals surface area contributed by atoms with Crippen molar-refractivity contribution < 1.29 is 9.18 Å². The summed E-state index contributed by atoms with van der Waals surface area (Å²) in [6.07, 6.45) is 3.82. The van der Waals surface area contributed by atoms with Gasteiger partial charge in [-0.3, -0.25) is 4.79 Å². The summed E-state index contributed by atoms with van der Waals surface area (Å²) >= 11 is 0. The molecule has 116 valence electrons. The molecule has 2 rings (SSSR count). The average molecular weight is 292 g/mol. The van der Waals surface area contributed by atoms with E-state index in [4.69, 9.17) is 0 Å². The zero-order chi connectivity index (χ0) is 15.2. The van der Waals surface area contributed by atoms with Gasteiger partial charge in [0.05, 0.1) is 6.04 Å². The Hall–Kier alpha value is -1.42. The Labute approximate surface area is 126 Å². The lowest BCUT2D eigenvalue weighted by atomic mass is 9.93. The minimum absolute atomic E-state index is 0.0574. The molecule has 0 radical (unpaired) electrons. The number of hydrogen-bond donors (Lipinski definition) is 2.